The highest BCUT2D eigenvalue weighted by Crippen LogP contribution is 2.37. The fraction of sp³-hybridized carbons (Fsp3) is 0.632. The highest BCUT2D eigenvalue weighted by atomic mass is 35.5. The molecule has 0 heterocycles. The van der Waals surface area contributed by atoms with Gasteiger partial charge >= 0.3 is 0 Å². The van der Waals surface area contributed by atoms with E-state index >= 15 is 0 Å². The summed E-state index contributed by atoms with van der Waals surface area (Å²) in [7, 11) is 1.92. The quantitative estimate of drug-likeness (QED) is 0.586. The first-order chi connectivity index (χ1) is 10.8. The number of carbonyl (C=O) groups excluding carboxylic acids is 1. The summed E-state index contributed by atoms with van der Waals surface area (Å²) in [5.74, 6) is 0.190. The number of hydrogen-bond donors (Lipinski definition) is 2. The van der Waals surface area contributed by atoms with Crippen molar-refractivity contribution < 1.29 is 4.79 Å². The van der Waals surface area contributed by atoms with Gasteiger partial charge < -0.3 is 10.6 Å². The highest BCUT2D eigenvalue weighted by molar-refractivity contribution is 5.85. The van der Waals surface area contributed by atoms with Gasteiger partial charge in [-0.2, -0.15) is 0 Å². The maximum Gasteiger partial charge on any atom is 0.220 e. The van der Waals surface area contributed by atoms with Crippen molar-refractivity contribution in [2.24, 2.45) is 0 Å². The van der Waals surface area contributed by atoms with E-state index in [-0.39, 0.29) is 23.7 Å². The molecular formula is C19H31ClN2O. The Kier molecular flexibility index (Phi) is 9.27. The molecule has 1 aromatic rings. The van der Waals surface area contributed by atoms with Crippen LogP contribution in [0.3, 0.4) is 0 Å². The molecule has 2 rings (SSSR count). The van der Waals surface area contributed by atoms with Gasteiger partial charge in [0.2, 0.25) is 5.91 Å². The van der Waals surface area contributed by atoms with Crippen LogP contribution >= 0.6 is 12.4 Å². The Morgan fingerprint density at radius 1 is 1.09 bits per heavy atom. The SMILES string of the molecule is CNCCCC(=O)NCC1(c2ccccc2)CCCCCC1.Cl. The summed E-state index contributed by atoms with van der Waals surface area (Å²) < 4.78 is 0. The minimum Gasteiger partial charge on any atom is -0.355 e. The molecule has 2 N–H and O–H groups in total. The molecule has 3 nitrogen and oxygen atoms in total. The molecule has 4 heteroatoms. The van der Waals surface area contributed by atoms with Gasteiger partial charge in [0.15, 0.2) is 0 Å². The Morgan fingerprint density at radius 2 is 1.74 bits per heavy atom. The molecule has 0 aliphatic heterocycles. The van der Waals surface area contributed by atoms with Crippen molar-refractivity contribution in [3.63, 3.8) is 0 Å². The van der Waals surface area contributed by atoms with Crippen molar-refractivity contribution in [1.29, 1.82) is 0 Å². The summed E-state index contributed by atoms with van der Waals surface area (Å²) in [5.41, 5.74) is 1.53. The van der Waals surface area contributed by atoms with Crippen LogP contribution in [-0.4, -0.2) is 26.0 Å². The van der Waals surface area contributed by atoms with Gasteiger partial charge in [0.25, 0.3) is 0 Å². The third-order valence-electron chi connectivity index (χ3n) is 4.90. The lowest BCUT2D eigenvalue weighted by molar-refractivity contribution is -0.121. The van der Waals surface area contributed by atoms with Gasteiger partial charge in [0.05, 0.1) is 0 Å². The summed E-state index contributed by atoms with van der Waals surface area (Å²) in [6.07, 6.45) is 9.08. The topological polar surface area (TPSA) is 41.1 Å². The van der Waals surface area contributed by atoms with E-state index in [0.29, 0.717) is 6.42 Å². The number of nitrogens with one attached hydrogen (secondary N) is 2. The Balaban J connectivity index is 0.00000264. The molecule has 1 amide bonds. The van der Waals surface area contributed by atoms with Crippen LogP contribution in [0.5, 0.6) is 0 Å². The van der Waals surface area contributed by atoms with E-state index in [9.17, 15) is 4.79 Å². The lowest BCUT2D eigenvalue weighted by Gasteiger charge is -2.34. The van der Waals surface area contributed by atoms with Crippen LogP contribution in [0.1, 0.15) is 56.9 Å². The number of carbonyl (C=O) groups is 1. The van der Waals surface area contributed by atoms with Gasteiger partial charge in [-0.05, 0) is 38.4 Å². The van der Waals surface area contributed by atoms with Crippen LogP contribution in [0.2, 0.25) is 0 Å². The van der Waals surface area contributed by atoms with Crippen LogP contribution in [0.4, 0.5) is 0 Å². The van der Waals surface area contributed by atoms with E-state index in [1.807, 2.05) is 7.05 Å². The largest absolute Gasteiger partial charge is 0.355 e. The van der Waals surface area contributed by atoms with Crippen LogP contribution in [-0.2, 0) is 10.2 Å². The minimum atomic E-state index is 0. The molecule has 0 radical (unpaired) electrons. The zero-order valence-electron chi connectivity index (χ0n) is 14.3. The molecule has 0 bridgehead atoms. The third-order valence-corrected chi connectivity index (χ3v) is 4.90. The summed E-state index contributed by atoms with van der Waals surface area (Å²) in [4.78, 5) is 12.1. The number of rotatable bonds is 7. The molecule has 1 saturated carbocycles. The molecule has 0 atom stereocenters. The first-order valence-electron chi connectivity index (χ1n) is 8.74. The van der Waals surface area contributed by atoms with E-state index in [1.54, 1.807) is 0 Å². The van der Waals surface area contributed by atoms with Crippen molar-refractivity contribution in [1.82, 2.24) is 10.6 Å². The van der Waals surface area contributed by atoms with Gasteiger partial charge in [0.1, 0.15) is 0 Å². The van der Waals surface area contributed by atoms with Gasteiger partial charge in [-0.1, -0.05) is 56.0 Å². The fourth-order valence-electron chi connectivity index (χ4n) is 3.55. The van der Waals surface area contributed by atoms with Crippen molar-refractivity contribution in [3.05, 3.63) is 35.9 Å². The maximum atomic E-state index is 12.1. The molecular weight excluding hydrogens is 308 g/mol. The molecule has 0 spiro atoms. The average molecular weight is 339 g/mol. The zero-order chi connectivity index (χ0) is 15.7. The number of benzene rings is 1. The lowest BCUT2D eigenvalue weighted by atomic mass is 9.74. The van der Waals surface area contributed by atoms with E-state index in [0.717, 1.165) is 19.5 Å². The predicted octanol–water partition coefficient (Wildman–Crippen LogP) is 3.82. The van der Waals surface area contributed by atoms with E-state index in [4.69, 9.17) is 0 Å². The maximum absolute atomic E-state index is 12.1. The molecule has 1 fully saturated rings. The standard InChI is InChI=1S/C19H30N2O.ClH/c1-20-15-9-12-18(22)21-16-19(13-7-2-3-8-14-19)17-10-5-4-6-11-17;/h4-6,10-11,20H,2-3,7-9,12-16H2,1H3,(H,21,22);1H. The smallest absolute Gasteiger partial charge is 0.220 e. The molecule has 0 unspecified atom stereocenters. The number of halogens is 1. The summed E-state index contributed by atoms with van der Waals surface area (Å²) >= 11 is 0. The summed E-state index contributed by atoms with van der Waals surface area (Å²) in [6.45, 7) is 1.69. The van der Waals surface area contributed by atoms with Crippen molar-refractivity contribution >= 4 is 18.3 Å². The molecule has 130 valence electrons. The Bertz CT molecular complexity index is 442. The van der Waals surface area contributed by atoms with Gasteiger partial charge in [0, 0.05) is 18.4 Å². The van der Waals surface area contributed by atoms with Crippen molar-refractivity contribution in [2.45, 2.75) is 56.8 Å². The molecule has 0 aromatic heterocycles. The molecule has 1 aliphatic rings. The Morgan fingerprint density at radius 3 is 2.35 bits per heavy atom. The second-order valence-corrected chi connectivity index (χ2v) is 6.54. The van der Waals surface area contributed by atoms with Crippen LogP contribution in [0.25, 0.3) is 0 Å². The average Bonchev–Trinajstić information content (AvgIpc) is 2.81. The second-order valence-electron chi connectivity index (χ2n) is 6.54. The van der Waals surface area contributed by atoms with Crippen LogP contribution < -0.4 is 10.6 Å². The zero-order valence-corrected chi connectivity index (χ0v) is 15.1. The molecule has 1 aliphatic carbocycles. The Labute approximate surface area is 147 Å². The van der Waals surface area contributed by atoms with Crippen LogP contribution in [0, 0.1) is 0 Å². The van der Waals surface area contributed by atoms with E-state index in [2.05, 4.69) is 41.0 Å². The van der Waals surface area contributed by atoms with Crippen LogP contribution in [0.15, 0.2) is 30.3 Å². The number of amides is 1. The van der Waals surface area contributed by atoms with Gasteiger partial charge in [-0.25, -0.2) is 0 Å². The molecule has 1 aromatic carbocycles. The second kappa shape index (κ2) is 10.7. The van der Waals surface area contributed by atoms with E-state index in [1.165, 1.54) is 44.1 Å². The number of hydrogen-bond acceptors (Lipinski definition) is 2. The van der Waals surface area contributed by atoms with E-state index < -0.39 is 0 Å². The third kappa shape index (κ3) is 6.15. The molecule has 23 heavy (non-hydrogen) atoms. The summed E-state index contributed by atoms with van der Waals surface area (Å²) in [5, 5.41) is 6.30. The Hall–Kier alpha value is -1.06. The van der Waals surface area contributed by atoms with Gasteiger partial charge in [-0.3, -0.25) is 4.79 Å². The molecule has 0 saturated heterocycles. The predicted molar refractivity (Wildman–Crippen MR) is 99.2 cm³/mol. The first-order valence-corrected chi connectivity index (χ1v) is 8.74. The minimum absolute atomic E-state index is 0. The van der Waals surface area contributed by atoms with Gasteiger partial charge in [-0.15, -0.1) is 12.4 Å². The summed E-state index contributed by atoms with van der Waals surface area (Å²) in [6, 6.07) is 10.8. The highest BCUT2D eigenvalue weighted by Gasteiger charge is 2.32. The monoisotopic (exact) mass is 338 g/mol. The normalized spacial score (nSPS) is 16.9. The first kappa shape index (κ1) is 20.0. The van der Waals surface area contributed by atoms with Crippen molar-refractivity contribution in [3.8, 4) is 0 Å². The van der Waals surface area contributed by atoms with Crippen molar-refractivity contribution in [2.75, 3.05) is 20.1 Å². The lowest BCUT2D eigenvalue weighted by Crippen LogP contribution is -2.40. The fourth-order valence-corrected chi connectivity index (χ4v) is 3.55.